The van der Waals surface area contributed by atoms with Crippen LogP contribution in [-0.2, 0) is 11.2 Å². The van der Waals surface area contributed by atoms with Crippen molar-refractivity contribution in [2.75, 3.05) is 25.1 Å². The van der Waals surface area contributed by atoms with E-state index in [0.29, 0.717) is 25.4 Å². The van der Waals surface area contributed by atoms with E-state index in [2.05, 4.69) is 33.4 Å². The molecule has 0 aliphatic carbocycles. The summed E-state index contributed by atoms with van der Waals surface area (Å²) in [5.74, 6) is 0.929. The van der Waals surface area contributed by atoms with Crippen LogP contribution in [0.3, 0.4) is 0 Å². The van der Waals surface area contributed by atoms with E-state index in [1.54, 1.807) is 18.4 Å². The van der Waals surface area contributed by atoms with Crippen molar-refractivity contribution < 1.29 is 9.53 Å². The molecule has 0 bridgehead atoms. The molecule has 2 aromatic carbocycles. The summed E-state index contributed by atoms with van der Waals surface area (Å²) in [6.45, 7) is 1.69. The molecule has 1 aliphatic heterocycles. The summed E-state index contributed by atoms with van der Waals surface area (Å²) in [7, 11) is 1.68. The quantitative estimate of drug-likeness (QED) is 0.656. The molecule has 1 N–H and O–H groups in total. The Morgan fingerprint density at radius 2 is 2.21 bits per heavy atom. The third kappa shape index (κ3) is 3.97. The fourth-order valence-corrected chi connectivity index (χ4v) is 4.72. The van der Waals surface area contributed by atoms with E-state index in [0.717, 1.165) is 41.2 Å². The van der Waals surface area contributed by atoms with Crippen LogP contribution in [0.25, 0.3) is 10.8 Å². The summed E-state index contributed by atoms with van der Waals surface area (Å²) < 4.78 is 5.54. The van der Waals surface area contributed by atoms with Crippen molar-refractivity contribution in [3.63, 3.8) is 0 Å². The van der Waals surface area contributed by atoms with Gasteiger partial charge < -0.3 is 15.0 Å². The number of aryl methyl sites for hydroxylation is 1. The van der Waals surface area contributed by atoms with Crippen LogP contribution in [0.1, 0.15) is 24.8 Å². The molecule has 28 heavy (non-hydrogen) atoms. The predicted octanol–water partition coefficient (Wildman–Crippen LogP) is 4.02. The molecule has 0 saturated carbocycles. The fourth-order valence-electron chi connectivity index (χ4n) is 3.98. The molecule has 146 valence electrons. The molecule has 3 aromatic rings. The minimum Gasteiger partial charge on any atom is -0.496 e. The van der Waals surface area contributed by atoms with Gasteiger partial charge in [0.25, 0.3) is 0 Å². The molecule has 5 nitrogen and oxygen atoms in total. The summed E-state index contributed by atoms with van der Waals surface area (Å²) in [5, 5.41) is 8.50. The number of nitrogens with one attached hydrogen (secondary N) is 1. The highest BCUT2D eigenvalue weighted by Crippen LogP contribution is 2.29. The van der Waals surface area contributed by atoms with E-state index >= 15 is 0 Å². The van der Waals surface area contributed by atoms with E-state index in [1.165, 1.54) is 5.39 Å². The Bertz CT molecular complexity index is 942. The maximum atomic E-state index is 12.5. The van der Waals surface area contributed by atoms with Crippen molar-refractivity contribution in [3.8, 4) is 5.75 Å². The van der Waals surface area contributed by atoms with Crippen LogP contribution >= 0.6 is 11.3 Å². The lowest BCUT2D eigenvalue weighted by Gasteiger charge is -2.24. The lowest BCUT2D eigenvalue weighted by atomic mass is 9.99. The Morgan fingerprint density at radius 3 is 3.04 bits per heavy atom. The second-order valence-electron chi connectivity index (χ2n) is 7.08. The molecule has 0 spiro atoms. The summed E-state index contributed by atoms with van der Waals surface area (Å²) in [6.07, 6.45) is 5.20. The van der Waals surface area contributed by atoms with Crippen molar-refractivity contribution in [2.45, 2.75) is 31.7 Å². The van der Waals surface area contributed by atoms with Gasteiger partial charge in [-0.1, -0.05) is 30.3 Å². The summed E-state index contributed by atoms with van der Waals surface area (Å²) in [6, 6.07) is 12.6. The second-order valence-corrected chi connectivity index (χ2v) is 7.95. The minimum absolute atomic E-state index is 0.0842. The van der Waals surface area contributed by atoms with Crippen molar-refractivity contribution in [3.05, 3.63) is 53.5 Å². The van der Waals surface area contributed by atoms with Crippen LogP contribution in [0.4, 0.5) is 5.13 Å². The van der Waals surface area contributed by atoms with Gasteiger partial charge in [0.1, 0.15) is 5.75 Å². The number of hydrogen-bond donors (Lipinski definition) is 1. The average molecular weight is 396 g/mol. The van der Waals surface area contributed by atoms with Gasteiger partial charge in [-0.2, -0.15) is 0 Å². The molecule has 1 saturated heterocycles. The number of fused-ring (bicyclic) bond motifs is 1. The first-order valence-corrected chi connectivity index (χ1v) is 10.6. The SMILES string of the molecule is COc1ccc2ccccc2c1CCC(=O)NCC1CCCN1c1nccs1. The Morgan fingerprint density at radius 1 is 1.32 bits per heavy atom. The van der Waals surface area contributed by atoms with Gasteiger partial charge in [-0.25, -0.2) is 4.98 Å². The van der Waals surface area contributed by atoms with E-state index in [1.807, 2.05) is 29.8 Å². The van der Waals surface area contributed by atoms with Gasteiger partial charge in [0.15, 0.2) is 5.13 Å². The highest BCUT2D eigenvalue weighted by atomic mass is 32.1. The molecule has 0 radical (unpaired) electrons. The Labute approximate surface area is 169 Å². The zero-order valence-electron chi connectivity index (χ0n) is 16.1. The molecule has 1 unspecified atom stereocenters. The highest BCUT2D eigenvalue weighted by molar-refractivity contribution is 7.13. The van der Waals surface area contributed by atoms with Gasteiger partial charge >= 0.3 is 0 Å². The normalized spacial score (nSPS) is 16.5. The summed E-state index contributed by atoms with van der Waals surface area (Å²) in [5.41, 5.74) is 1.10. The number of anilines is 1. The molecule has 1 aromatic heterocycles. The average Bonchev–Trinajstić information content (AvgIpc) is 3.41. The van der Waals surface area contributed by atoms with Gasteiger partial charge in [-0.3, -0.25) is 4.79 Å². The number of benzene rings is 2. The zero-order valence-corrected chi connectivity index (χ0v) is 16.9. The Kier molecular flexibility index (Phi) is 5.76. The molecule has 2 heterocycles. The van der Waals surface area contributed by atoms with E-state index in [9.17, 15) is 4.79 Å². The lowest BCUT2D eigenvalue weighted by molar-refractivity contribution is -0.121. The molecule has 1 amide bonds. The molecular weight excluding hydrogens is 370 g/mol. The number of thiazole rings is 1. The van der Waals surface area contributed by atoms with Gasteiger partial charge in [-0.05, 0) is 36.1 Å². The first-order valence-electron chi connectivity index (χ1n) is 9.73. The minimum atomic E-state index is 0.0842. The standard InChI is InChI=1S/C22H25N3O2S/c1-27-20-10-8-16-5-2-3-7-18(16)19(20)9-11-21(26)24-15-17-6-4-13-25(17)22-23-12-14-28-22/h2-3,5,7-8,10,12,14,17H,4,6,9,11,13,15H2,1H3,(H,24,26). The van der Waals surface area contributed by atoms with Crippen molar-refractivity contribution >= 4 is 33.1 Å². The van der Waals surface area contributed by atoms with E-state index in [4.69, 9.17) is 4.74 Å². The number of nitrogens with zero attached hydrogens (tertiary/aromatic N) is 2. The second kappa shape index (κ2) is 8.61. The number of carbonyl (C=O) groups excluding carboxylic acids is 1. The summed E-state index contributed by atoms with van der Waals surface area (Å²) >= 11 is 1.66. The van der Waals surface area contributed by atoms with Gasteiger partial charge in [0, 0.05) is 42.7 Å². The summed E-state index contributed by atoms with van der Waals surface area (Å²) in [4.78, 5) is 19.3. The van der Waals surface area contributed by atoms with Crippen LogP contribution in [0.15, 0.2) is 48.0 Å². The number of methoxy groups -OCH3 is 1. The number of amides is 1. The number of carbonyl (C=O) groups is 1. The largest absolute Gasteiger partial charge is 0.496 e. The van der Waals surface area contributed by atoms with Crippen LogP contribution in [0, 0.1) is 0 Å². The van der Waals surface area contributed by atoms with Crippen molar-refractivity contribution in [1.82, 2.24) is 10.3 Å². The number of ether oxygens (including phenoxy) is 1. The molecule has 4 rings (SSSR count). The van der Waals surface area contributed by atoms with Crippen LogP contribution < -0.4 is 15.0 Å². The third-order valence-corrected chi connectivity index (χ3v) is 6.21. The fraction of sp³-hybridized carbons (Fsp3) is 0.364. The third-order valence-electron chi connectivity index (χ3n) is 5.40. The number of rotatable bonds is 7. The van der Waals surface area contributed by atoms with Crippen molar-refractivity contribution in [2.24, 2.45) is 0 Å². The Balaban J connectivity index is 1.37. The first-order chi connectivity index (χ1) is 13.8. The molecule has 1 aliphatic rings. The molecule has 1 fully saturated rings. The van der Waals surface area contributed by atoms with Crippen molar-refractivity contribution in [1.29, 1.82) is 0 Å². The van der Waals surface area contributed by atoms with Crippen LogP contribution in [0.2, 0.25) is 0 Å². The lowest BCUT2D eigenvalue weighted by Crippen LogP contribution is -2.40. The highest BCUT2D eigenvalue weighted by Gasteiger charge is 2.26. The maximum Gasteiger partial charge on any atom is 0.220 e. The van der Waals surface area contributed by atoms with E-state index in [-0.39, 0.29) is 5.91 Å². The first kappa shape index (κ1) is 18.7. The van der Waals surface area contributed by atoms with E-state index < -0.39 is 0 Å². The smallest absolute Gasteiger partial charge is 0.220 e. The van der Waals surface area contributed by atoms with Gasteiger partial charge in [0.2, 0.25) is 5.91 Å². The number of hydrogen-bond acceptors (Lipinski definition) is 5. The Hall–Kier alpha value is -2.60. The zero-order chi connectivity index (χ0) is 19.3. The topological polar surface area (TPSA) is 54.5 Å². The van der Waals surface area contributed by atoms with Crippen LogP contribution in [-0.4, -0.2) is 37.1 Å². The maximum absolute atomic E-state index is 12.5. The van der Waals surface area contributed by atoms with Gasteiger partial charge in [-0.15, -0.1) is 11.3 Å². The number of aromatic nitrogens is 1. The molecular formula is C22H25N3O2S. The van der Waals surface area contributed by atoms with Gasteiger partial charge in [0.05, 0.1) is 7.11 Å². The predicted molar refractivity (Wildman–Crippen MR) is 114 cm³/mol. The van der Waals surface area contributed by atoms with Crippen LogP contribution in [0.5, 0.6) is 5.75 Å². The monoisotopic (exact) mass is 395 g/mol. The molecule has 1 atom stereocenters. The molecule has 6 heteroatoms.